The van der Waals surface area contributed by atoms with Gasteiger partial charge < -0.3 is 9.40 Å². The zero-order chi connectivity index (χ0) is 19.6. The van der Waals surface area contributed by atoms with E-state index >= 15 is 0 Å². The van der Waals surface area contributed by atoms with Crippen LogP contribution in [0.5, 0.6) is 0 Å². The average Bonchev–Trinajstić information content (AvgIpc) is 3.42. The molecule has 0 atom stereocenters. The second-order valence-electron chi connectivity index (χ2n) is 6.90. The maximum Gasteiger partial charge on any atom is 0.207 e. The van der Waals surface area contributed by atoms with Crippen LogP contribution in [0.15, 0.2) is 76.4 Å². The lowest BCUT2D eigenvalue weighted by Crippen LogP contribution is -1.99. The highest BCUT2D eigenvalue weighted by atomic mass is 32.2. The van der Waals surface area contributed by atoms with Gasteiger partial charge in [0.1, 0.15) is 11.3 Å². The summed E-state index contributed by atoms with van der Waals surface area (Å²) in [5.41, 5.74) is 5.21. The van der Waals surface area contributed by atoms with Gasteiger partial charge in [-0.3, -0.25) is 0 Å². The smallest absolute Gasteiger partial charge is 0.207 e. The first kappa shape index (κ1) is 16.3. The molecule has 6 nitrogen and oxygen atoms in total. The van der Waals surface area contributed by atoms with E-state index in [9.17, 15) is 8.42 Å². The molecule has 0 bridgehead atoms. The molecule has 0 aliphatic carbocycles. The number of hydrogen-bond acceptors (Lipinski definition) is 5. The van der Waals surface area contributed by atoms with Gasteiger partial charge in [-0.2, -0.15) is 0 Å². The maximum atomic E-state index is 12.9. The highest BCUT2D eigenvalue weighted by Crippen LogP contribution is 2.39. The normalized spacial score (nSPS) is 15.0. The van der Waals surface area contributed by atoms with Crippen LogP contribution in [0, 0.1) is 0 Å². The summed E-state index contributed by atoms with van der Waals surface area (Å²) in [6.45, 7) is 0. The Morgan fingerprint density at radius 2 is 1.72 bits per heavy atom. The van der Waals surface area contributed by atoms with Crippen molar-refractivity contribution >= 4 is 43.0 Å². The van der Waals surface area contributed by atoms with Crippen LogP contribution in [0.4, 0.5) is 0 Å². The number of nitrogens with zero attached hydrogens (tertiary/aromatic N) is 2. The fourth-order valence-corrected chi connectivity index (χ4v) is 5.37. The highest BCUT2D eigenvalue weighted by molar-refractivity contribution is 8.01. The molecule has 1 aliphatic rings. The predicted molar refractivity (Wildman–Crippen MR) is 111 cm³/mol. The molecule has 0 radical (unpaired) electrons. The summed E-state index contributed by atoms with van der Waals surface area (Å²) >= 11 is 0. The quantitative estimate of drug-likeness (QED) is 0.466. The van der Waals surface area contributed by atoms with Crippen molar-refractivity contribution in [2.45, 2.75) is 4.90 Å². The molecule has 29 heavy (non-hydrogen) atoms. The number of imidazole rings is 1. The average molecular weight is 399 g/mol. The maximum absolute atomic E-state index is 12.9. The van der Waals surface area contributed by atoms with Gasteiger partial charge in [0.05, 0.1) is 20.8 Å². The van der Waals surface area contributed by atoms with E-state index in [4.69, 9.17) is 4.42 Å². The minimum absolute atomic E-state index is 0.300. The van der Waals surface area contributed by atoms with E-state index in [1.165, 1.54) is 6.39 Å². The van der Waals surface area contributed by atoms with Crippen molar-refractivity contribution in [1.82, 2.24) is 15.0 Å². The third-order valence-corrected chi connectivity index (χ3v) is 7.04. The molecule has 7 heteroatoms. The molecule has 2 aromatic heterocycles. The van der Waals surface area contributed by atoms with Gasteiger partial charge in [-0.1, -0.05) is 24.3 Å². The Kier molecular flexibility index (Phi) is 3.17. The minimum atomic E-state index is -3.53. The number of H-pyrrole nitrogens is 1. The van der Waals surface area contributed by atoms with Gasteiger partial charge in [0.25, 0.3) is 0 Å². The Bertz CT molecular complexity index is 1580. The Morgan fingerprint density at radius 3 is 2.62 bits per heavy atom. The molecule has 0 amide bonds. The Hall–Kier alpha value is -3.71. The van der Waals surface area contributed by atoms with Crippen molar-refractivity contribution in [1.29, 1.82) is 0 Å². The number of aromatic nitrogens is 3. The van der Waals surface area contributed by atoms with Crippen LogP contribution in [-0.4, -0.2) is 23.4 Å². The molecule has 0 spiro atoms. The number of sulfone groups is 1. The number of oxazole rings is 1. The van der Waals surface area contributed by atoms with Crippen LogP contribution in [-0.2, 0) is 9.84 Å². The van der Waals surface area contributed by atoms with Crippen molar-refractivity contribution in [3.05, 3.63) is 78.2 Å². The summed E-state index contributed by atoms with van der Waals surface area (Å²) in [4.78, 5) is 12.8. The molecular formula is C22H13N3O3S. The van der Waals surface area contributed by atoms with Crippen molar-refractivity contribution in [3.8, 4) is 11.4 Å². The number of nitrogens with one attached hydrogen (secondary N) is 1. The summed E-state index contributed by atoms with van der Waals surface area (Å²) in [7, 11) is -3.53. The monoisotopic (exact) mass is 399 g/mol. The zero-order valence-corrected chi connectivity index (χ0v) is 15.8. The second-order valence-corrected chi connectivity index (χ2v) is 8.79. The van der Waals surface area contributed by atoms with E-state index in [2.05, 4.69) is 15.0 Å². The van der Waals surface area contributed by atoms with E-state index in [1.807, 2.05) is 36.4 Å². The Morgan fingerprint density at radius 1 is 0.897 bits per heavy atom. The predicted octanol–water partition coefficient (Wildman–Crippen LogP) is 4.66. The lowest BCUT2D eigenvalue weighted by atomic mass is 10.1. The first-order valence-electron chi connectivity index (χ1n) is 8.99. The van der Waals surface area contributed by atoms with Crippen LogP contribution in [0.25, 0.3) is 44.5 Å². The van der Waals surface area contributed by atoms with Crippen LogP contribution in [0.3, 0.4) is 0 Å². The number of hydrogen-bond donors (Lipinski definition) is 1. The van der Waals surface area contributed by atoms with Crippen LogP contribution in [0.1, 0.15) is 11.1 Å². The fraction of sp³-hybridized carbons (Fsp3) is 0. The standard InChI is InChI=1S/C22H13N3O3S/c26-29(27)20-4-2-1-3-13(20)11-21(29)14-5-7-16-17(9-14)25-22(24-16)15-6-8-19-18(10-15)23-12-28-19/h1-12H,(H,24,25). The molecule has 3 heterocycles. The minimum Gasteiger partial charge on any atom is -0.443 e. The Balaban J connectivity index is 1.46. The number of rotatable bonds is 2. The van der Waals surface area contributed by atoms with E-state index < -0.39 is 9.84 Å². The van der Waals surface area contributed by atoms with E-state index in [-0.39, 0.29) is 0 Å². The summed E-state index contributed by atoms with van der Waals surface area (Å²) < 4.78 is 31.1. The third-order valence-electron chi connectivity index (χ3n) is 5.16. The Labute approximate surface area is 165 Å². The van der Waals surface area contributed by atoms with Crippen LogP contribution < -0.4 is 0 Å². The fourth-order valence-electron chi connectivity index (χ4n) is 3.72. The molecule has 0 fully saturated rings. The van der Waals surface area contributed by atoms with Crippen molar-refractivity contribution in [3.63, 3.8) is 0 Å². The zero-order valence-electron chi connectivity index (χ0n) is 15.0. The second kappa shape index (κ2) is 5.65. The molecule has 0 saturated carbocycles. The van der Waals surface area contributed by atoms with Gasteiger partial charge in [0.15, 0.2) is 12.0 Å². The molecule has 6 rings (SSSR count). The molecule has 0 saturated heterocycles. The number of benzene rings is 3. The van der Waals surface area contributed by atoms with Gasteiger partial charge in [-0.15, -0.1) is 0 Å². The van der Waals surface area contributed by atoms with Crippen LogP contribution >= 0.6 is 0 Å². The first-order valence-corrected chi connectivity index (χ1v) is 10.5. The lowest BCUT2D eigenvalue weighted by Gasteiger charge is -2.04. The largest absolute Gasteiger partial charge is 0.443 e. The summed E-state index contributed by atoms with van der Waals surface area (Å²) in [6.07, 6.45) is 3.13. The molecular weight excluding hydrogens is 386 g/mol. The van der Waals surface area contributed by atoms with E-state index in [0.29, 0.717) is 37.9 Å². The lowest BCUT2D eigenvalue weighted by molar-refractivity contribution is 0.602. The van der Waals surface area contributed by atoms with Crippen molar-refractivity contribution < 1.29 is 12.8 Å². The van der Waals surface area contributed by atoms with Crippen molar-refractivity contribution in [2.75, 3.05) is 0 Å². The number of fused-ring (bicyclic) bond motifs is 3. The van der Waals surface area contributed by atoms with Gasteiger partial charge in [-0.05, 0) is 53.6 Å². The van der Waals surface area contributed by atoms with Gasteiger partial charge >= 0.3 is 0 Å². The molecule has 1 aliphatic heterocycles. The molecule has 0 unspecified atom stereocenters. The molecule has 140 valence electrons. The molecule has 3 aromatic carbocycles. The topological polar surface area (TPSA) is 88.9 Å². The van der Waals surface area contributed by atoms with E-state index in [0.717, 1.165) is 16.6 Å². The van der Waals surface area contributed by atoms with Gasteiger partial charge in [0.2, 0.25) is 9.84 Å². The number of aromatic amines is 1. The highest BCUT2D eigenvalue weighted by Gasteiger charge is 2.30. The first-order chi connectivity index (χ1) is 14.1. The molecule has 5 aromatic rings. The van der Waals surface area contributed by atoms with E-state index in [1.54, 1.807) is 30.3 Å². The van der Waals surface area contributed by atoms with Gasteiger partial charge in [0, 0.05) is 5.56 Å². The summed E-state index contributed by atoms with van der Waals surface area (Å²) in [6, 6.07) is 18.2. The van der Waals surface area contributed by atoms with Gasteiger partial charge in [-0.25, -0.2) is 18.4 Å². The third kappa shape index (κ3) is 2.37. The molecule has 1 N–H and O–H groups in total. The van der Waals surface area contributed by atoms with Crippen molar-refractivity contribution in [2.24, 2.45) is 0 Å². The van der Waals surface area contributed by atoms with Crippen LogP contribution in [0.2, 0.25) is 0 Å². The summed E-state index contributed by atoms with van der Waals surface area (Å²) in [5, 5.41) is 0. The SMILES string of the molecule is O=S1(=O)C(c2ccc3[nH]c(-c4ccc5ocnc5c4)nc3c2)=Cc2ccccc21. The summed E-state index contributed by atoms with van der Waals surface area (Å²) in [5.74, 6) is 0.689.